The van der Waals surface area contributed by atoms with Crippen molar-refractivity contribution in [2.75, 3.05) is 0 Å². The van der Waals surface area contributed by atoms with Crippen LogP contribution >= 0.6 is 0 Å². The first-order chi connectivity index (χ1) is 4.34. The lowest BCUT2D eigenvalue weighted by molar-refractivity contribution is -0.184. The molecule has 0 heterocycles. The van der Waals surface area contributed by atoms with Crippen molar-refractivity contribution in [2.24, 2.45) is 11.8 Å². The van der Waals surface area contributed by atoms with Gasteiger partial charge < -0.3 is 10.2 Å². The average Bonchev–Trinajstić information content (AvgIpc) is 1.60. The fourth-order valence-corrected chi connectivity index (χ4v) is 0.930. The molecule has 0 spiro atoms. The summed E-state index contributed by atoms with van der Waals surface area (Å²) in [6.45, 7) is 7.42. The predicted octanol–water partition coefficient (Wildman–Crippen LogP) is 1.37. The lowest BCUT2D eigenvalue weighted by Crippen LogP contribution is -2.32. The molecule has 0 fully saturated rings. The molecule has 1 unspecified atom stereocenters. The topological polar surface area (TPSA) is 40.5 Å². The third kappa shape index (κ3) is 3.85. The first kappa shape index (κ1) is 9.92. The van der Waals surface area contributed by atoms with Gasteiger partial charge in [0.25, 0.3) is 0 Å². The van der Waals surface area contributed by atoms with Crippen molar-refractivity contribution in [3.05, 3.63) is 0 Å². The van der Waals surface area contributed by atoms with Gasteiger partial charge in [-0.15, -0.1) is 0 Å². The van der Waals surface area contributed by atoms with Gasteiger partial charge in [-0.3, -0.25) is 0 Å². The fraction of sp³-hybridized carbons (Fsp3) is 1.00. The summed E-state index contributed by atoms with van der Waals surface area (Å²) in [7, 11) is 0. The van der Waals surface area contributed by atoms with Gasteiger partial charge in [-0.25, -0.2) is 0 Å². The van der Waals surface area contributed by atoms with E-state index in [1.54, 1.807) is 0 Å². The van der Waals surface area contributed by atoms with Gasteiger partial charge in [0.2, 0.25) is 0 Å². The summed E-state index contributed by atoms with van der Waals surface area (Å²) < 4.78 is 0. The zero-order chi connectivity index (χ0) is 8.36. The summed E-state index contributed by atoms with van der Waals surface area (Å²) >= 11 is 0. The van der Waals surface area contributed by atoms with E-state index in [1.807, 2.05) is 6.92 Å². The van der Waals surface area contributed by atoms with E-state index in [-0.39, 0.29) is 5.92 Å². The molecule has 2 nitrogen and oxygen atoms in total. The van der Waals surface area contributed by atoms with Gasteiger partial charge in [0.15, 0.2) is 5.79 Å². The van der Waals surface area contributed by atoms with E-state index in [0.717, 1.165) is 6.42 Å². The van der Waals surface area contributed by atoms with Crippen LogP contribution in [0.15, 0.2) is 0 Å². The molecule has 0 aromatic heterocycles. The molecule has 0 aliphatic carbocycles. The Morgan fingerprint density at radius 2 is 1.60 bits per heavy atom. The zero-order valence-corrected chi connectivity index (χ0v) is 7.26. The Hall–Kier alpha value is -0.0800. The minimum Gasteiger partial charge on any atom is -0.366 e. The van der Waals surface area contributed by atoms with Gasteiger partial charge in [0.05, 0.1) is 0 Å². The van der Waals surface area contributed by atoms with Crippen LogP contribution in [0.4, 0.5) is 0 Å². The second kappa shape index (κ2) is 3.35. The van der Waals surface area contributed by atoms with E-state index >= 15 is 0 Å². The average molecular weight is 146 g/mol. The quantitative estimate of drug-likeness (QED) is 0.590. The number of hydrogen-bond donors (Lipinski definition) is 2. The molecule has 0 saturated carbocycles. The lowest BCUT2D eigenvalue weighted by atomic mass is 9.92. The highest BCUT2D eigenvalue weighted by Crippen LogP contribution is 2.20. The van der Waals surface area contributed by atoms with E-state index in [9.17, 15) is 0 Å². The van der Waals surface area contributed by atoms with Crippen LogP contribution in [0.3, 0.4) is 0 Å². The van der Waals surface area contributed by atoms with Gasteiger partial charge in [-0.2, -0.15) is 0 Å². The largest absolute Gasteiger partial charge is 0.366 e. The highest BCUT2D eigenvalue weighted by Gasteiger charge is 2.24. The van der Waals surface area contributed by atoms with Crippen LogP contribution in [0.1, 0.15) is 34.1 Å². The molecule has 2 N–H and O–H groups in total. The molecule has 2 heteroatoms. The maximum absolute atomic E-state index is 9.09. The molecule has 0 aromatic rings. The lowest BCUT2D eigenvalue weighted by Gasteiger charge is -2.25. The molecular weight excluding hydrogens is 128 g/mol. The summed E-state index contributed by atoms with van der Waals surface area (Å²) in [5.74, 6) is -1.04. The summed E-state index contributed by atoms with van der Waals surface area (Å²) in [4.78, 5) is 0. The minimum atomic E-state index is -1.51. The van der Waals surface area contributed by atoms with Crippen LogP contribution in [-0.2, 0) is 0 Å². The number of hydrogen-bond acceptors (Lipinski definition) is 2. The van der Waals surface area contributed by atoms with E-state index in [4.69, 9.17) is 10.2 Å². The molecule has 62 valence electrons. The third-order valence-corrected chi connectivity index (χ3v) is 1.76. The molecule has 1 atom stereocenters. The van der Waals surface area contributed by atoms with E-state index < -0.39 is 5.79 Å². The van der Waals surface area contributed by atoms with E-state index in [1.165, 1.54) is 6.92 Å². The van der Waals surface area contributed by atoms with E-state index in [2.05, 4.69) is 13.8 Å². The maximum Gasteiger partial charge on any atom is 0.162 e. The second-order valence-corrected chi connectivity index (χ2v) is 3.62. The van der Waals surface area contributed by atoms with Gasteiger partial charge in [-0.05, 0) is 19.3 Å². The van der Waals surface area contributed by atoms with Crippen molar-refractivity contribution in [3.63, 3.8) is 0 Å². The number of rotatable bonds is 3. The van der Waals surface area contributed by atoms with Crippen molar-refractivity contribution in [3.8, 4) is 0 Å². The van der Waals surface area contributed by atoms with Crippen LogP contribution in [0, 0.1) is 11.8 Å². The maximum atomic E-state index is 9.09. The molecule has 0 radical (unpaired) electrons. The van der Waals surface area contributed by atoms with Crippen molar-refractivity contribution in [2.45, 2.75) is 39.9 Å². The normalized spacial score (nSPS) is 15.9. The Balaban J connectivity index is 3.73. The SMILES string of the molecule is CC(C)CC(C)C(C)(O)O. The van der Waals surface area contributed by atoms with Crippen molar-refractivity contribution in [1.29, 1.82) is 0 Å². The molecule has 0 amide bonds. The first-order valence-electron chi connectivity index (χ1n) is 3.78. The predicted molar refractivity (Wildman–Crippen MR) is 41.5 cm³/mol. The molecule has 0 saturated heterocycles. The van der Waals surface area contributed by atoms with Crippen LogP contribution in [0.25, 0.3) is 0 Å². The molecule has 0 aliphatic heterocycles. The summed E-state index contributed by atoms with van der Waals surface area (Å²) in [5.41, 5.74) is 0. The standard InChI is InChI=1S/C8H18O2/c1-6(2)5-7(3)8(4,9)10/h6-7,9-10H,5H2,1-4H3. The Morgan fingerprint density at radius 3 is 1.70 bits per heavy atom. The highest BCUT2D eigenvalue weighted by molar-refractivity contribution is 4.67. The summed E-state index contributed by atoms with van der Waals surface area (Å²) in [5, 5.41) is 18.2. The van der Waals surface area contributed by atoms with Crippen molar-refractivity contribution < 1.29 is 10.2 Å². The van der Waals surface area contributed by atoms with Gasteiger partial charge >= 0.3 is 0 Å². The Labute approximate surface area is 62.9 Å². The van der Waals surface area contributed by atoms with Crippen LogP contribution < -0.4 is 0 Å². The molecule has 10 heavy (non-hydrogen) atoms. The Bertz CT molecular complexity index is 91.9. The Morgan fingerprint density at radius 1 is 1.20 bits per heavy atom. The minimum absolute atomic E-state index is 0.0486. The van der Waals surface area contributed by atoms with Crippen molar-refractivity contribution >= 4 is 0 Å². The highest BCUT2D eigenvalue weighted by atomic mass is 16.5. The molecule has 0 rings (SSSR count). The Kier molecular flexibility index (Phi) is 3.33. The van der Waals surface area contributed by atoms with Crippen LogP contribution in [0.2, 0.25) is 0 Å². The fourth-order valence-electron chi connectivity index (χ4n) is 0.930. The molecule has 0 bridgehead atoms. The smallest absolute Gasteiger partial charge is 0.162 e. The summed E-state index contributed by atoms with van der Waals surface area (Å²) in [6, 6.07) is 0. The van der Waals surface area contributed by atoms with Gasteiger partial charge in [-0.1, -0.05) is 20.8 Å². The van der Waals surface area contributed by atoms with Gasteiger partial charge in [0.1, 0.15) is 0 Å². The van der Waals surface area contributed by atoms with Gasteiger partial charge in [0, 0.05) is 5.92 Å². The monoisotopic (exact) mass is 146 g/mol. The zero-order valence-electron chi connectivity index (χ0n) is 7.26. The molecule has 0 aliphatic rings. The molecular formula is C8H18O2. The number of aliphatic hydroxyl groups is 2. The van der Waals surface area contributed by atoms with Crippen LogP contribution in [-0.4, -0.2) is 16.0 Å². The van der Waals surface area contributed by atoms with Crippen molar-refractivity contribution in [1.82, 2.24) is 0 Å². The summed E-state index contributed by atoms with van der Waals surface area (Å²) in [6.07, 6.45) is 0.851. The molecule has 0 aromatic carbocycles. The first-order valence-corrected chi connectivity index (χ1v) is 3.78. The third-order valence-electron chi connectivity index (χ3n) is 1.76. The second-order valence-electron chi connectivity index (χ2n) is 3.62. The van der Waals surface area contributed by atoms with E-state index in [0.29, 0.717) is 5.92 Å². The van der Waals surface area contributed by atoms with Crippen LogP contribution in [0.5, 0.6) is 0 Å².